The highest BCUT2D eigenvalue weighted by Gasteiger charge is 2.02. The summed E-state index contributed by atoms with van der Waals surface area (Å²) in [5.41, 5.74) is 1.23. The van der Waals surface area contributed by atoms with E-state index < -0.39 is 0 Å². The van der Waals surface area contributed by atoms with E-state index in [1.165, 1.54) is 5.56 Å². The van der Waals surface area contributed by atoms with E-state index in [2.05, 4.69) is 12.6 Å². The van der Waals surface area contributed by atoms with Gasteiger partial charge in [0.15, 0.2) is 0 Å². The number of carbonyl (C=O) groups is 1. The van der Waals surface area contributed by atoms with E-state index in [0.29, 0.717) is 19.6 Å². The molecular formula is C16H22O3. The van der Waals surface area contributed by atoms with Crippen LogP contribution in [0.3, 0.4) is 0 Å². The Morgan fingerprint density at radius 1 is 1.37 bits per heavy atom. The molecule has 0 aliphatic heterocycles. The molecule has 0 amide bonds. The fourth-order valence-electron chi connectivity index (χ4n) is 1.78. The van der Waals surface area contributed by atoms with Gasteiger partial charge in [-0.3, -0.25) is 4.79 Å². The Labute approximate surface area is 115 Å². The maximum Gasteiger partial charge on any atom is 0.305 e. The Morgan fingerprint density at radius 3 is 2.95 bits per heavy atom. The zero-order valence-electron chi connectivity index (χ0n) is 11.6. The highest BCUT2D eigenvalue weighted by atomic mass is 16.5. The SMILES string of the molecule is C=CCOc1cccc(CCCCC(=O)OCC)c1. The molecule has 0 aliphatic rings. The summed E-state index contributed by atoms with van der Waals surface area (Å²) in [5, 5.41) is 0. The fourth-order valence-corrected chi connectivity index (χ4v) is 1.78. The lowest BCUT2D eigenvalue weighted by Gasteiger charge is -2.06. The van der Waals surface area contributed by atoms with Crippen LogP contribution >= 0.6 is 0 Å². The van der Waals surface area contributed by atoms with Crippen molar-refractivity contribution >= 4 is 5.97 Å². The van der Waals surface area contributed by atoms with Gasteiger partial charge in [0.1, 0.15) is 12.4 Å². The standard InChI is InChI=1S/C16H22O3/c1-3-12-19-15-10-7-9-14(13-15)8-5-6-11-16(17)18-4-2/h3,7,9-10,13H,1,4-6,8,11-12H2,2H3. The van der Waals surface area contributed by atoms with Gasteiger partial charge in [0.2, 0.25) is 0 Å². The Morgan fingerprint density at radius 2 is 2.21 bits per heavy atom. The molecular weight excluding hydrogens is 240 g/mol. The van der Waals surface area contributed by atoms with Gasteiger partial charge in [-0.2, -0.15) is 0 Å². The van der Waals surface area contributed by atoms with E-state index in [1.807, 2.05) is 25.1 Å². The number of hydrogen-bond donors (Lipinski definition) is 0. The van der Waals surface area contributed by atoms with Gasteiger partial charge in [0.05, 0.1) is 6.61 Å². The lowest BCUT2D eigenvalue weighted by molar-refractivity contribution is -0.143. The van der Waals surface area contributed by atoms with Crippen molar-refractivity contribution in [3.8, 4) is 5.75 Å². The second-order valence-electron chi connectivity index (χ2n) is 4.26. The molecule has 0 atom stereocenters. The van der Waals surface area contributed by atoms with Gasteiger partial charge in [0.25, 0.3) is 0 Å². The van der Waals surface area contributed by atoms with Crippen LogP contribution in [0.1, 0.15) is 31.7 Å². The minimum Gasteiger partial charge on any atom is -0.490 e. The summed E-state index contributed by atoms with van der Waals surface area (Å²) < 4.78 is 10.4. The molecule has 1 aromatic carbocycles. The van der Waals surface area contributed by atoms with Crippen LogP contribution in [-0.4, -0.2) is 19.2 Å². The molecule has 0 fully saturated rings. The summed E-state index contributed by atoms with van der Waals surface area (Å²) in [5.74, 6) is 0.758. The van der Waals surface area contributed by atoms with Crippen molar-refractivity contribution < 1.29 is 14.3 Å². The van der Waals surface area contributed by atoms with Crippen molar-refractivity contribution in [3.63, 3.8) is 0 Å². The number of rotatable bonds is 9. The predicted octanol–water partition coefficient (Wildman–Crippen LogP) is 3.53. The first kappa shape index (κ1) is 15.3. The van der Waals surface area contributed by atoms with Crippen LogP contribution < -0.4 is 4.74 Å². The number of ether oxygens (including phenoxy) is 2. The summed E-state index contributed by atoms with van der Waals surface area (Å²) in [6.07, 6.45) is 5.01. The summed E-state index contributed by atoms with van der Waals surface area (Å²) in [6.45, 7) is 6.43. The molecule has 0 saturated carbocycles. The second-order valence-corrected chi connectivity index (χ2v) is 4.26. The van der Waals surface area contributed by atoms with E-state index in [9.17, 15) is 4.79 Å². The van der Waals surface area contributed by atoms with Gasteiger partial charge in [-0.15, -0.1) is 0 Å². The van der Waals surface area contributed by atoms with Crippen molar-refractivity contribution in [3.05, 3.63) is 42.5 Å². The average Bonchev–Trinajstić information content (AvgIpc) is 2.42. The van der Waals surface area contributed by atoms with Crippen LogP contribution in [0.4, 0.5) is 0 Å². The zero-order chi connectivity index (χ0) is 13.9. The summed E-state index contributed by atoms with van der Waals surface area (Å²) in [7, 11) is 0. The van der Waals surface area contributed by atoms with E-state index in [0.717, 1.165) is 25.0 Å². The van der Waals surface area contributed by atoms with Gasteiger partial charge in [0, 0.05) is 6.42 Å². The molecule has 3 heteroatoms. The summed E-state index contributed by atoms with van der Waals surface area (Å²) in [4.78, 5) is 11.2. The average molecular weight is 262 g/mol. The molecule has 0 N–H and O–H groups in total. The molecule has 0 bridgehead atoms. The number of benzene rings is 1. The summed E-state index contributed by atoms with van der Waals surface area (Å²) in [6, 6.07) is 8.03. The zero-order valence-corrected chi connectivity index (χ0v) is 11.6. The van der Waals surface area contributed by atoms with Gasteiger partial charge >= 0.3 is 5.97 Å². The predicted molar refractivity (Wildman–Crippen MR) is 76.3 cm³/mol. The second kappa shape index (κ2) is 9.20. The number of unbranched alkanes of at least 4 members (excludes halogenated alkanes) is 1. The van der Waals surface area contributed by atoms with E-state index >= 15 is 0 Å². The minimum absolute atomic E-state index is 0.106. The lowest BCUT2D eigenvalue weighted by Crippen LogP contribution is -2.03. The van der Waals surface area contributed by atoms with Gasteiger partial charge in [-0.05, 0) is 43.9 Å². The summed E-state index contributed by atoms with van der Waals surface area (Å²) >= 11 is 0. The molecule has 0 saturated heterocycles. The van der Waals surface area contributed by atoms with Gasteiger partial charge < -0.3 is 9.47 Å². The first-order chi connectivity index (χ1) is 9.26. The number of carbonyl (C=O) groups excluding carboxylic acids is 1. The number of aryl methyl sites for hydroxylation is 1. The highest BCUT2D eigenvalue weighted by Crippen LogP contribution is 2.15. The Balaban J connectivity index is 2.28. The molecule has 19 heavy (non-hydrogen) atoms. The maximum atomic E-state index is 11.2. The first-order valence-corrected chi connectivity index (χ1v) is 6.74. The quantitative estimate of drug-likeness (QED) is 0.388. The Hall–Kier alpha value is -1.77. The number of esters is 1. The minimum atomic E-state index is -0.106. The Kier molecular flexibility index (Phi) is 7.40. The molecule has 0 aromatic heterocycles. The molecule has 3 nitrogen and oxygen atoms in total. The molecule has 104 valence electrons. The third-order valence-corrected chi connectivity index (χ3v) is 2.67. The van der Waals surface area contributed by atoms with Gasteiger partial charge in [-0.1, -0.05) is 24.8 Å². The monoisotopic (exact) mass is 262 g/mol. The molecule has 0 aliphatic carbocycles. The van der Waals surface area contributed by atoms with Crippen LogP contribution in [0.5, 0.6) is 5.75 Å². The van der Waals surface area contributed by atoms with Crippen LogP contribution in [-0.2, 0) is 16.0 Å². The first-order valence-electron chi connectivity index (χ1n) is 6.74. The largest absolute Gasteiger partial charge is 0.490 e. The van der Waals surface area contributed by atoms with Crippen LogP contribution in [0.15, 0.2) is 36.9 Å². The van der Waals surface area contributed by atoms with Crippen molar-refractivity contribution in [2.45, 2.75) is 32.6 Å². The van der Waals surface area contributed by atoms with Crippen molar-refractivity contribution in [2.24, 2.45) is 0 Å². The van der Waals surface area contributed by atoms with Crippen LogP contribution in [0, 0.1) is 0 Å². The third-order valence-electron chi connectivity index (χ3n) is 2.67. The Bertz CT molecular complexity index is 399. The normalized spacial score (nSPS) is 9.95. The van der Waals surface area contributed by atoms with Crippen LogP contribution in [0.2, 0.25) is 0 Å². The van der Waals surface area contributed by atoms with Crippen molar-refractivity contribution in [1.82, 2.24) is 0 Å². The van der Waals surface area contributed by atoms with Gasteiger partial charge in [-0.25, -0.2) is 0 Å². The molecule has 1 rings (SSSR count). The molecule has 0 radical (unpaired) electrons. The van der Waals surface area contributed by atoms with Crippen molar-refractivity contribution in [1.29, 1.82) is 0 Å². The smallest absolute Gasteiger partial charge is 0.305 e. The molecule has 0 spiro atoms. The molecule has 0 unspecified atom stereocenters. The van der Waals surface area contributed by atoms with E-state index in [4.69, 9.17) is 9.47 Å². The third kappa shape index (κ3) is 6.65. The lowest BCUT2D eigenvalue weighted by atomic mass is 10.1. The van der Waals surface area contributed by atoms with Crippen molar-refractivity contribution in [2.75, 3.05) is 13.2 Å². The maximum absolute atomic E-state index is 11.2. The number of hydrogen-bond acceptors (Lipinski definition) is 3. The highest BCUT2D eigenvalue weighted by molar-refractivity contribution is 5.69. The fraction of sp³-hybridized carbons (Fsp3) is 0.438. The molecule has 0 heterocycles. The van der Waals surface area contributed by atoms with E-state index in [1.54, 1.807) is 6.08 Å². The molecule has 1 aromatic rings. The topological polar surface area (TPSA) is 35.5 Å². The van der Waals surface area contributed by atoms with E-state index in [-0.39, 0.29) is 5.97 Å². The van der Waals surface area contributed by atoms with Crippen LogP contribution in [0.25, 0.3) is 0 Å².